The first-order valence-electron chi connectivity index (χ1n) is 29.7. The number of ether oxygens (including phenoxy) is 4. The molecule has 7 rings (SSSR count). The zero-order valence-electron chi connectivity index (χ0n) is 56.3. The SMILES string of the molecule is CC(C)(C)OC(=O)N[C@@H](CO)C(=O)O.Cc1cccc(N(C)C(=O)[C@@H](N)CO)c1.Cc1cccc(N(C)C(=O)[C@@H]2COC(=O)N2)c1.Cc1cccc(N(C)C(=O)[C@@H]2COC(=O)N2c2cc(C(F)(F)F)cc(C)n2)c1.Cc1cccc(N(C)C(=O)[C@H](CO)NC(=O)OC(C)(C)C)c1. The zero-order valence-corrected chi connectivity index (χ0v) is 56.3. The van der Waals surface area contributed by atoms with Gasteiger partial charge in [0, 0.05) is 56.6 Å². The van der Waals surface area contributed by atoms with Crippen LogP contribution in [0.25, 0.3) is 0 Å². The molecule has 9 N–H and O–H groups in total. The highest BCUT2D eigenvalue weighted by Gasteiger charge is 2.43. The van der Waals surface area contributed by atoms with Crippen LogP contribution in [0.15, 0.2) is 109 Å². The van der Waals surface area contributed by atoms with Gasteiger partial charge in [0.1, 0.15) is 48.4 Å². The molecule has 0 saturated carbocycles. The number of halogens is 3. The summed E-state index contributed by atoms with van der Waals surface area (Å²) in [6.07, 6.45) is -7.66. The first-order valence-corrected chi connectivity index (χ1v) is 29.7. The van der Waals surface area contributed by atoms with Gasteiger partial charge in [-0.25, -0.2) is 33.9 Å². The highest BCUT2D eigenvalue weighted by atomic mass is 19.4. The van der Waals surface area contributed by atoms with Crippen LogP contribution < -0.4 is 46.2 Å². The molecule has 2 aliphatic rings. The number of aliphatic hydroxyl groups is 3. The predicted molar refractivity (Wildman–Crippen MR) is 351 cm³/mol. The molecule has 5 aromatic rings. The molecule has 2 fully saturated rings. The van der Waals surface area contributed by atoms with Crippen LogP contribution in [0, 0.1) is 34.6 Å². The average molecular weight is 1350 g/mol. The third-order valence-electron chi connectivity index (χ3n) is 13.4. The molecule has 2 saturated heterocycles. The number of carboxylic acid groups (broad SMARTS) is 1. The zero-order chi connectivity index (χ0) is 72.7. The molecule has 524 valence electrons. The van der Waals surface area contributed by atoms with Crippen LogP contribution >= 0.6 is 0 Å². The molecule has 0 spiro atoms. The molecule has 0 radical (unpaired) electrons. The number of carbonyl (C=O) groups excluding carboxylic acids is 8. The van der Waals surface area contributed by atoms with E-state index in [0.717, 1.165) is 50.7 Å². The van der Waals surface area contributed by atoms with Crippen molar-refractivity contribution in [1.29, 1.82) is 0 Å². The maximum atomic E-state index is 13.1. The average Bonchev–Trinajstić information content (AvgIpc) is 1.59. The summed E-state index contributed by atoms with van der Waals surface area (Å²) < 4.78 is 58.9. The van der Waals surface area contributed by atoms with Crippen molar-refractivity contribution in [2.24, 2.45) is 5.73 Å². The Labute approximate surface area is 555 Å². The Morgan fingerprint density at radius 1 is 0.604 bits per heavy atom. The number of aliphatic carboxylic acids is 1. The van der Waals surface area contributed by atoms with Gasteiger partial charge in [-0.1, -0.05) is 48.5 Å². The normalized spacial score (nSPS) is 14.9. The number of carbonyl (C=O) groups is 9. The van der Waals surface area contributed by atoms with E-state index in [2.05, 4.69) is 15.6 Å². The molecule has 4 aromatic carbocycles. The van der Waals surface area contributed by atoms with E-state index in [-0.39, 0.29) is 43.1 Å². The van der Waals surface area contributed by atoms with E-state index >= 15 is 0 Å². The number of pyridine rings is 1. The Morgan fingerprint density at radius 2 is 1.01 bits per heavy atom. The van der Waals surface area contributed by atoms with Gasteiger partial charge in [0.25, 0.3) is 17.7 Å². The monoisotopic (exact) mass is 1350 g/mol. The van der Waals surface area contributed by atoms with E-state index in [1.54, 1.807) is 87.0 Å². The summed E-state index contributed by atoms with van der Waals surface area (Å²) in [5, 5.41) is 42.1. The number of nitrogens with one attached hydrogen (secondary N) is 3. The van der Waals surface area contributed by atoms with Crippen molar-refractivity contribution in [2.75, 3.05) is 85.7 Å². The van der Waals surface area contributed by atoms with Gasteiger partial charge in [-0.2, -0.15) is 13.2 Å². The lowest BCUT2D eigenvalue weighted by Gasteiger charge is -2.26. The number of nitrogens with two attached hydrogens (primary N) is 1. The molecule has 30 heteroatoms. The minimum absolute atomic E-state index is 0.0720. The van der Waals surface area contributed by atoms with Crippen molar-refractivity contribution in [2.45, 2.75) is 124 Å². The van der Waals surface area contributed by atoms with Crippen LogP contribution in [0.1, 0.15) is 75.1 Å². The maximum Gasteiger partial charge on any atom is 0.416 e. The number of nitrogens with zero attached hydrogens (tertiary/aromatic N) is 6. The van der Waals surface area contributed by atoms with Gasteiger partial charge in [-0.15, -0.1) is 0 Å². The minimum Gasteiger partial charge on any atom is -0.480 e. The molecule has 8 amide bonds. The second kappa shape index (κ2) is 36.1. The molecule has 1 aromatic heterocycles. The number of anilines is 5. The Hall–Kier alpha value is -9.91. The Bertz CT molecular complexity index is 3510. The molecule has 0 bridgehead atoms. The summed E-state index contributed by atoms with van der Waals surface area (Å²) in [7, 11) is 6.45. The highest BCUT2D eigenvalue weighted by Crippen LogP contribution is 2.34. The lowest BCUT2D eigenvalue weighted by atomic mass is 10.1. The van der Waals surface area contributed by atoms with Gasteiger partial charge in [-0.3, -0.25) is 19.2 Å². The molecule has 2 aliphatic heterocycles. The van der Waals surface area contributed by atoms with Gasteiger partial charge >= 0.3 is 36.5 Å². The number of hydrogen-bond donors (Lipinski definition) is 8. The van der Waals surface area contributed by atoms with Crippen LogP contribution in [0.4, 0.5) is 60.9 Å². The van der Waals surface area contributed by atoms with E-state index < -0.39 is 109 Å². The number of rotatable bonds is 15. The second-order valence-electron chi connectivity index (χ2n) is 23.9. The molecule has 0 aliphatic carbocycles. The van der Waals surface area contributed by atoms with Crippen molar-refractivity contribution >= 4 is 82.5 Å². The lowest BCUT2D eigenvalue weighted by Crippen LogP contribution is -2.50. The smallest absolute Gasteiger partial charge is 0.416 e. The van der Waals surface area contributed by atoms with Crippen molar-refractivity contribution < 1.29 is 95.7 Å². The van der Waals surface area contributed by atoms with E-state index in [4.69, 9.17) is 40.0 Å². The highest BCUT2D eigenvalue weighted by molar-refractivity contribution is 6.06. The van der Waals surface area contributed by atoms with Gasteiger partial charge in [0.15, 0.2) is 12.1 Å². The Morgan fingerprint density at radius 3 is 1.38 bits per heavy atom. The number of hydrogen-bond acceptors (Lipinski definition) is 18. The number of alkyl carbamates (subject to hydrolysis) is 3. The Balaban J connectivity index is 0.000000321. The number of likely N-dealkylation sites (N-methyl/N-ethyl adjacent to an activating group) is 4. The van der Waals surface area contributed by atoms with Gasteiger partial charge in [-0.05, 0) is 159 Å². The van der Waals surface area contributed by atoms with E-state index in [9.17, 15) is 61.4 Å². The number of amides is 8. The summed E-state index contributed by atoms with van der Waals surface area (Å²) in [6.45, 7) is 17.5. The Kier molecular flexibility index (Phi) is 30.2. The summed E-state index contributed by atoms with van der Waals surface area (Å²) >= 11 is 0. The van der Waals surface area contributed by atoms with Gasteiger partial charge < -0.3 is 80.7 Å². The second-order valence-corrected chi connectivity index (χ2v) is 23.9. The van der Waals surface area contributed by atoms with Crippen molar-refractivity contribution in [3.8, 4) is 0 Å². The fraction of sp³-hybridized carbons (Fsp3) is 0.424. The van der Waals surface area contributed by atoms with Gasteiger partial charge in [0.05, 0.1) is 25.4 Å². The third-order valence-corrected chi connectivity index (χ3v) is 13.4. The van der Waals surface area contributed by atoms with Crippen molar-refractivity contribution in [3.63, 3.8) is 0 Å². The fourth-order valence-corrected chi connectivity index (χ4v) is 8.46. The van der Waals surface area contributed by atoms with Crippen LogP contribution in [-0.2, 0) is 49.1 Å². The van der Waals surface area contributed by atoms with Crippen LogP contribution in [-0.4, -0.2) is 182 Å². The quantitative estimate of drug-likeness (QED) is 0.0497. The van der Waals surface area contributed by atoms with Gasteiger partial charge in [0.2, 0.25) is 5.91 Å². The molecule has 27 nitrogen and oxygen atoms in total. The predicted octanol–water partition coefficient (Wildman–Crippen LogP) is 6.85. The van der Waals surface area contributed by atoms with Crippen LogP contribution in [0.3, 0.4) is 0 Å². The standard InChI is InChI=1S/C19H18F3N3O3.C16H24N2O4.C12H14N2O3.C11H16N2O2.C8H15NO5/c1-11-5-4-6-14(7-11)24(3)17(26)15-10-28-18(27)25(15)16-9-13(19(20,21)22)8-12(2)23-16;1-11-7-6-8-12(9-11)18(5)14(20)13(10-19)17-15(21)22-16(2,3)4;1-8-4-3-5-9(6-8)14(2)11(15)10-7-17-12(16)13-10;1-8-4-3-5-9(6-8)13(2)11(15)10(12)7-14;1-8(2,3)14-7(13)9-5(4-10)6(11)12/h4-9,15H,10H2,1-3H3;6-9,13,19H,10H2,1-5H3,(H,17,21);3-6,10H,7H2,1-2H3,(H,13,16);3-6,10,14H,7,12H2,1-2H3;5,10H,4H2,1-3H3,(H,9,13)(H,11,12)/t15-;13-;2*10-;5-/m00000/s1. The molecule has 96 heavy (non-hydrogen) atoms. The number of benzene rings is 4. The number of carboxylic acids is 1. The number of alkyl halides is 3. The minimum atomic E-state index is -4.61. The first-order chi connectivity index (χ1) is 44.6. The summed E-state index contributed by atoms with van der Waals surface area (Å²) in [6, 6.07) is 26.4. The summed E-state index contributed by atoms with van der Waals surface area (Å²) in [4.78, 5) is 116. The summed E-state index contributed by atoms with van der Waals surface area (Å²) in [5.41, 5.74) is 10.2. The molecule has 5 atom stereocenters. The van der Waals surface area contributed by atoms with Crippen LogP contribution in [0.2, 0.25) is 0 Å². The molecule has 3 heterocycles. The number of aromatic nitrogens is 1. The third kappa shape index (κ3) is 25.8. The summed E-state index contributed by atoms with van der Waals surface area (Å²) in [5.74, 6) is -2.96. The molecule has 0 unspecified atom stereocenters. The number of aliphatic hydroxyl groups excluding tert-OH is 3. The van der Waals surface area contributed by atoms with E-state index in [0.29, 0.717) is 11.4 Å². The lowest BCUT2D eigenvalue weighted by molar-refractivity contribution is -0.140. The fourth-order valence-electron chi connectivity index (χ4n) is 8.46. The van der Waals surface area contributed by atoms with Crippen molar-refractivity contribution in [1.82, 2.24) is 20.9 Å². The van der Waals surface area contributed by atoms with E-state index in [1.807, 2.05) is 106 Å². The van der Waals surface area contributed by atoms with Crippen molar-refractivity contribution in [3.05, 3.63) is 143 Å². The van der Waals surface area contributed by atoms with Crippen LogP contribution in [0.5, 0.6) is 0 Å². The first kappa shape index (κ1) is 80.3. The van der Waals surface area contributed by atoms with E-state index in [1.165, 1.54) is 33.6 Å². The number of cyclic esters (lactones) is 2. The molecular formula is C66H87F3N10O17. The molecular weight excluding hydrogens is 1260 g/mol. The topological polar surface area (TPSA) is 363 Å². The largest absolute Gasteiger partial charge is 0.480 e. The number of aryl methyl sites for hydroxylation is 5. The maximum absolute atomic E-state index is 13.1.